The van der Waals surface area contributed by atoms with E-state index in [2.05, 4.69) is 10.3 Å². The van der Waals surface area contributed by atoms with Crippen LogP contribution in [0.4, 0.5) is 5.82 Å². The van der Waals surface area contributed by atoms with Gasteiger partial charge in [-0.3, -0.25) is 4.79 Å². The first-order valence-electron chi connectivity index (χ1n) is 5.77. The lowest BCUT2D eigenvalue weighted by Crippen LogP contribution is -2.30. The van der Waals surface area contributed by atoms with Gasteiger partial charge in [0.25, 0.3) is 5.91 Å². The van der Waals surface area contributed by atoms with Gasteiger partial charge in [-0.05, 0) is 24.6 Å². The summed E-state index contributed by atoms with van der Waals surface area (Å²) in [6.45, 7) is 1.74. The van der Waals surface area contributed by atoms with Gasteiger partial charge in [0.2, 0.25) is 0 Å². The lowest BCUT2D eigenvalue weighted by atomic mass is 9.81. The van der Waals surface area contributed by atoms with E-state index in [1.807, 2.05) is 6.07 Å². The Labute approximate surface area is 111 Å². The second-order valence-corrected chi connectivity index (χ2v) is 4.13. The molecule has 0 spiro atoms. The monoisotopic (exact) mass is 256 g/mol. The molecule has 0 saturated carbocycles. The molecule has 2 aromatic rings. The quantitative estimate of drug-likeness (QED) is 0.691. The Balaban J connectivity index is 2.18. The molecule has 1 aromatic heterocycles. The van der Waals surface area contributed by atoms with Crippen LogP contribution in [-0.2, 0) is 0 Å². The molecule has 0 aliphatic rings. The van der Waals surface area contributed by atoms with Crippen LogP contribution in [0.5, 0.6) is 0 Å². The predicted octanol–water partition coefficient (Wildman–Crippen LogP) is 0.322. The highest BCUT2D eigenvalue weighted by atomic mass is 16.4. The number of nitrogens with zero attached hydrogens (tertiary/aromatic N) is 1. The third-order valence-corrected chi connectivity index (χ3v) is 2.67. The maximum atomic E-state index is 11.9. The zero-order chi connectivity index (χ0) is 13.8. The normalized spacial score (nSPS) is 10.1. The van der Waals surface area contributed by atoms with E-state index in [1.54, 1.807) is 37.3 Å². The van der Waals surface area contributed by atoms with Crippen LogP contribution in [0.3, 0.4) is 0 Å². The molecular weight excluding hydrogens is 243 g/mol. The minimum Gasteiger partial charge on any atom is -0.423 e. The first-order valence-corrected chi connectivity index (χ1v) is 5.77. The molecule has 5 nitrogen and oxygen atoms in total. The molecule has 1 aromatic carbocycles. The van der Waals surface area contributed by atoms with E-state index in [1.165, 1.54) is 6.20 Å². The second-order valence-electron chi connectivity index (χ2n) is 4.13. The molecule has 1 amide bonds. The highest BCUT2D eigenvalue weighted by Crippen LogP contribution is 2.10. The fraction of sp³-hybridized carbons (Fsp3) is 0.0769. The summed E-state index contributed by atoms with van der Waals surface area (Å²) < 4.78 is 0. The number of amides is 1. The average Bonchev–Trinajstić information content (AvgIpc) is 2.41. The molecule has 96 valence electrons. The molecule has 0 aliphatic carbocycles. The number of anilines is 1. The number of carbonyl (C=O) groups is 1. The summed E-state index contributed by atoms with van der Waals surface area (Å²) in [5.74, 6) is 0.145. The summed E-state index contributed by atoms with van der Waals surface area (Å²) in [7, 11) is -1.56. The highest BCUT2D eigenvalue weighted by molar-refractivity contribution is 6.58. The van der Waals surface area contributed by atoms with Crippen LogP contribution in [0.15, 0.2) is 42.6 Å². The van der Waals surface area contributed by atoms with Crippen LogP contribution < -0.4 is 10.8 Å². The predicted molar refractivity (Wildman–Crippen MR) is 73.2 cm³/mol. The van der Waals surface area contributed by atoms with E-state index in [0.717, 1.165) is 0 Å². The van der Waals surface area contributed by atoms with E-state index < -0.39 is 7.12 Å². The molecule has 3 N–H and O–H groups in total. The number of aryl methyl sites for hydroxylation is 1. The lowest BCUT2D eigenvalue weighted by molar-refractivity contribution is 0.102. The van der Waals surface area contributed by atoms with Gasteiger partial charge in [0.1, 0.15) is 5.82 Å². The second kappa shape index (κ2) is 5.64. The van der Waals surface area contributed by atoms with Gasteiger partial charge in [0, 0.05) is 17.2 Å². The van der Waals surface area contributed by atoms with Gasteiger partial charge in [-0.15, -0.1) is 0 Å². The number of rotatable bonds is 3. The Morgan fingerprint density at radius 1 is 1.26 bits per heavy atom. The van der Waals surface area contributed by atoms with E-state index >= 15 is 0 Å². The molecule has 0 radical (unpaired) electrons. The van der Waals surface area contributed by atoms with E-state index in [0.29, 0.717) is 16.9 Å². The van der Waals surface area contributed by atoms with Crippen molar-refractivity contribution in [1.82, 2.24) is 4.98 Å². The molecule has 0 bridgehead atoms. The molecule has 0 atom stereocenters. The number of aromatic nitrogens is 1. The van der Waals surface area contributed by atoms with Crippen molar-refractivity contribution in [3.05, 3.63) is 53.7 Å². The Kier molecular flexibility index (Phi) is 3.94. The number of carbonyl (C=O) groups excluding carboxylic acids is 1. The standard InChI is InChI=1S/C13H13BN2O3/c1-9-7-11(14(18)19)8-15-12(9)16-13(17)10-5-3-2-4-6-10/h2-8,18-19H,1H3,(H,15,16,17). The van der Waals surface area contributed by atoms with Crippen molar-refractivity contribution >= 4 is 24.3 Å². The summed E-state index contributed by atoms with van der Waals surface area (Å²) in [5.41, 5.74) is 1.49. The zero-order valence-corrected chi connectivity index (χ0v) is 10.4. The molecule has 0 aliphatic heterocycles. The Bertz CT molecular complexity index is 588. The summed E-state index contributed by atoms with van der Waals surface area (Å²) in [4.78, 5) is 15.9. The first kappa shape index (κ1) is 13.3. The minimum atomic E-state index is -1.56. The van der Waals surface area contributed by atoms with Crippen molar-refractivity contribution in [2.45, 2.75) is 6.92 Å². The lowest BCUT2D eigenvalue weighted by Gasteiger charge is -2.09. The topological polar surface area (TPSA) is 82.4 Å². The number of hydrogen-bond donors (Lipinski definition) is 3. The Morgan fingerprint density at radius 2 is 1.95 bits per heavy atom. The largest absolute Gasteiger partial charge is 0.490 e. The van der Waals surface area contributed by atoms with Gasteiger partial charge in [-0.2, -0.15) is 0 Å². The maximum Gasteiger partial charge on any atom is 0.490 e. The fourth-order valence-corrected chi connectivity index (χ4v) is 1.64. The van der Waals surface area contributed by atoms with E-state index in [4.69, 9.17) is 10.0 Å². The molecule has 0 saturated heterocycles. The number of benzene rings is 1. The van der Waals surface area contributed by atoms with Gasteiger partial charge < -0.3 is 15.4 Å². The van der Waals surface area contributed by atoms with Gasteiger partial charge in [0.15, 0.2) is 0 Å². The average molecular weight is 256 g/mol. The third kappa shape index (κ3) is 3.18. The molecule has 6 heteroatoms. The van der Waals surface area contributed by atoms with Crippen LogP contribution in [0, 0.1) is 6.92 Å². The first-order chi connectivity index (χ1) is 9.08. The number of hydrogen-bond acceptors (Lipinski definition) is 4. The molecule has 2 rings (SSSR count). The summed E-state index contributed by atoms with van der Waals surface area (Å²) >= 11 is 0. The minimum absolute atomic E-state index is 0.256. The number of nitrogens with one attached hydrogen (secondary N) is 1. The summed E-state index contributed by atoms with van der Waals surface area (Å²) in [6, 6.07) is 10.4. The smallest absolute Gasteiger partial charge is 0.423 e. The van der Waals surface area contributed by atoms with E-state index in [9.17, 15) is 4.79 Å². The van der Waals surface area contributed by atoms with Crippen LogP contribution in [0.2, 0.25) is 0 Å². The number of pyridine rings is 1. The molecule has 19 heavy (non-hydrogen) atoms. The summed E-state index contributed by atoms with van der Waals surface area (Å²) in [5, 5.41) is 20.7. The molecule has 1 heterocycles. The van der Waals surface area contributed by atoms with Crippen LogP contribution in [0.1, 0.15) is 15.9 Å². The van der Waals surface area contributed by atoms with Gasteiger partial charge in [-0.25, -0.2) is 4.98 Å². The fourth-order valence-electron chi connectivity index (χ4n) is 1.64. The van der Waals surface area contributed by atoms with Crippen molar-refractivity contribution in [3.63, 3.8) is 0 Å². The maximum absolute atomic E-state index is 11.9. The van der Waals surface area contributed by atoms with Gasteiger partial charge in [-0.1, -0.05) is 24.3 Å². The van der Waals surface area contributed by atoms with Crippen LogP contribution in [-0.4, -0.2) is 28.1 Å². The van der Waals surface area contributed by atoms with Crippen molar-refractivity contribution < 1.29 is 14.8 Å². The third-order valence-electron chi connectivity index (χ3n) is 2.67. The molecule has 0 fully saturated rings. The van der Waals surface area contributed by atoms with Crippen LogP contribution >= 0.6 is 0 Å². The highest BCUT2D eigenvalue weighted by Gasteiger charge is 2.14. The van der Waals surface area contributed by atoms with Gasteiger partial charge in [0.05, 0.1) is 0 Å². The van der Waals surface area contributed by atoms with Crippen LogP contribution in [0.25, 0.3) is 0 Å². The molecule has 0 unspecified atom stereocenters. The Hall–Kier alpha value is -2.18. The van der Waals surface area contributed by atoms with Crippen molar-refractivity contribution in [2.75, 3.05) is 5.32 Å². The van der Waals surface area contributed by atoms with E-state index in [-0.39, 0.29) is 11.4 Å². The zero-order valence-electron chi connectivity index (χ0n) is 10.4. The SMILES string of the molecule is Cc1cc(B(O)O)cnc1NC(=O)c1ccccc1. The van der Waals surface area contributed by atoms with Crippen molar-refractivity contribution in [3.8, 4) is 0 Å². The van der Waals surface area contributed by atoms with Gasteiger partial charge >= 0.3 is 7.12 Å². The van der Waals surface area contributed by atoms with Crippen molar-refractivity contribution in [2.24, 2.45) is 0 Å². The molecular formula is C13H13BN2O3. The van der Waals surface area contributed by atoms with Crippen molar-refractivity contribution in [1.29, 1.82) is 0 Å². The Morgan fingerprint density at radius 3 is 2.53 bits per heavy atom. The summed E-state index contributed by atoms with van der Waals surface area (Å²) in [6.07, 6.45) is 1.32.